The molecule has 9 heteroatoms. The molecule has 2 aromatic rings. The van der Waals surface area contributed by atoms with Crippen molar-refractivity contribution in [3.05, 3.63) is 40.5 Å². The summed E-state index contributed by atoms with van der Waals surface area (Å²) in [6.07, 6.45) is 0.787. The predicted molar refractivity (Wildman–Crippen MR) is 111 cm³/mol. The molecule has 0 saturated carbocycles. The second-order valence-corrected chi connectivity index (χ2v) is 8.06. The van der Waals surface area contributed by atoms with Crippen molar-refractivity contribution < 1.29 is 14.3 Å². The second-order valence-electron chi connectivity index (χ2n) is 6.64. The minimum atomic E-state index is -0.715. The Kier molecular flexibility index (Phi) is 6.98. The third-order valence-corrected chi connectivity index (χ3v) is 5.31. The average molecular weight is 423 g/mol. The Morgan fingerprint density at radius 2 is 2.14 bits per heavy atom. The van der Waals surface area contributed by atoms with E-state index < -0.39 is 11.8 Å². The van der Waals surface area contributed by atoms with Crippen LogP contribution in [-0.2, 0) is 25.8 Å². The van der Waals surface area contributed by atoms with E-state index in [0.29, 0.717) is 30.4 Å². The largest absolute Gasteiger partial charge is 0.379 e. The molecule has 0 bridgehead atoms. The van der Waals surface area contributed by atoms with Crippen LogP contribution in [0.3, 0.4) is 0 Å². The van der Waals surface area contributed by atoms with Crippen molar-refractivity contribution in [2.24, 2.45) is 0 Å². The number of carbonyl (C=O) groups is 2. The third kappa shape index (κ3) is 5.06. The molecule has 1 aliphatic rings. The van der Waals surface area contributed by atoms with Gasteiger partial charge in [-0.3, -0.25) is 9.59 Å². The number of amides is 2. The fourth-order valence-corrected chi connectivity index (χ4v) is 3.99. The van der Waals surface area contributed by atoms with Crippen LogP contribution in [0.25, 0.3) is 5.69 Å². The summed E-state index contributed by atoms with van der Waals surface area (Å²) in [5, 5.41) is 10.5. The monoisotopic (exact) mass is 422 g/mol. The first-order chi connectivity index (χ1) is 13.5. The van der Waals surface area contributed by atoms with Crippen LogP contribution in [0.15, 0.2) is 24.3 Å². The molecule has 0 saturated heterocycles. The number of thioether (sulfide) groups is 1. The SMILES string of the molecule is CC(C)OCCCNC(=O)C(=O)Nc1c2c(nn1-c1cccc(Cl)c1)CSC2. The Balaban J connectivity index is 1.68. The molecule has 1 aromatic heterocycles. The summed E-state index contributed by atoms with van der Waals surface area (Å²) in [6, 6.07) is 7.20. The van der Waals surface area contributed by atoms with Gasteiger partial charge in [0.05, 0.1) is 17.5 Å². The van der Waals surface area contributed by atoms with Crippen molar-refractivity contribution in [1.82, 2.24) is 15.1 Å². The predicted octanol–water partition coefficient (Wildman–Crippen LogP) is 3.14. The number of fused-ring (bicyclic) bond motifs is 1. The number of nitrogens with one attached hydrogen (secondary N) is 2. The van der Waals surface area contributed by atoms with Gasteiger partial charge in [0.25, 0.3) is 0 Å². The minimum Gasteiger partial charge on any atom is -0.379 e. The smallest absolute Gasteiger partial charge is 0.314 e. The number of carbonyl (C=O) groups excluding carboxylic acids is 2. The van der Waals surface area contributed by atoms with E-state index in [1.807, 2.05) is 26.0 Å². The number of ether oxygens (including phenoxy) is 1. The number of aromatic nitrogens is 2. The lowest BCUT2D eigenvalue weighted by atomic mass is 10.2. The molecule has 7 nitrogen and oxygen atoms in total. The number of halogens is 1. The highest BCUT2D eigenvalue weighted by Crippen LogP contribution is 2.36. The normalized spacial score (nSPS) is 12.9. The van der Waals surface area contributed by atoms with Crippen LogP contribution in [0.1, 0.15) is 31.5 Å². The Hall–Kier alpha value is -2.03. The maximum atomic E-state index is 12.4. The lowest BCUT2D eigenvalue weighted by Crippen LogP contribution is -2.36. The summed E-state index contributed by atoms with van der Waals surface area (Å²) in [4.78, 5) is 24.6. The highest BCUT2D eigenvalue weighted by molar-refractivity contribution is 7.98. The van der Waals surface area contributed by atoms with Gasteiger partial charge >= 0.3 is 11.8 Å². The van der Waals surface area contributed by atoms with Gasteiger partial charge < -0.3 is 15.4 Å². The Morgan fingerprint density at radius 3 is 2.89 bits per heavy atom. The van der Waals surface area contributed by atoms with Crippen LogP contribution in [0.4, 0.5) is 5.82 Å². The Bertz CT molecular complexity index is 869. The van der Waals surface area contributed by atoms with Crippen LogP contribution in [0.2, 0.25) is 5.02 Å². The van der Waals surface area contributed by atoms with Crippen molar-refractivity contribution in [1.29, 1.82) is 0 Å². The molecule has 1 aliphatic heterocycles. The van der Waals surface area contributed by atoms with Crippen LogP contribution >= 0.6 is 23.4 Å². The minimum absolute atomic E-state index is 0.144. The van der Waals surface area contributed by atoms with E-state index in [2.05, 4.69) is 15.7 Å². The summed E-state index contributed by atoms with van der Waals surface area (Å²) >= 11 is 7.81. The van der Waals surface area contributed by atoms with Gasteiger partial charge in [0, 0.05) is 35.2 Å². The molecule has 2 heterocycles. The van der Waals surface area contributed by atoms with Crippen LogP contribution in [-0.4, -0.2) is 40.9 Å². The third-order valence-electron chi connectivity index (χ3n) is 4.10. The molecule has 0 atom stereocenters. The average Bonchev–Trinajstić information content (AvgIpc) is 3.23. The molecular formula is C19H23ClN4O3S. The Labute approximate surface area is 173 Å². The molecule has 1 aromatic carbocycles. The van der Waals surface area contributed by atoms with Gasteiger partial charge in [0.2, 0.25) is 0 Å². The molecule has 28 heavy (non-hydrogen) atoms. The van der Waals surface area contributed by atoms with Crippen molar-refractivity contribution in [3.63, 3.8) is 0 Å². The fraction of sp³-hybridized carbons (Fsp3) is 0.421. The molecule has 3 rings (SSSR count). The molecule has 0 unspecified atom stereocenters. The Morgan fingerprint density at radius 1 is 1.32 bits per heavy atom. The molecule has 0 aliphatic carbocycles. The molecule has 0 radical (unpaired) electrons. The summed E-state index contributed by atoms with van der Waals surface area (Å²) in [5.41, 5.74) is 2.58. The molecule has 2 amide bonds. The van der Waals surface area contributed by atoms with Crippen LogP contribution < -0.4 is 10.6 Å². The van der Waals surface area contributed by atoms with Crippen molar-refractivity contribution in [2.75, 3.05) is 18.5 Å². The lowest BCUT2D eigenvalue weighted by molar-refractivity contribution is -0.136. The number of anilines is 1. The van der Waals surface area contributed by atoms with E-state index in [1.54, 1.807) is 28.6 Å². The summed E-state index contributed by atoms with van der Waals surface area (Å²) < 4.78 is 7.05. The second kappa shape index (κ2) is 9.45. The van der Waals surface area contributed by atoms with Gasteiger partial charge in [-0.2, -0.15) is 16.9 Å². The van der Waals surface area contributed by atoms with E-state index in [9.17, 15) is 9.59 Å². The molecule has 0 fully saturated rings. The zero-order valence-corrected chi connectivity index (χ0v) is 17.4. The van der Waals surface area contributed by atoms with E-state index in [4.69, 9.17) is 16.3 Å². The molecule has 2 N–H and O–H groups in total. The highest BCUT2D eigenvalue weighted by Gasteiger charge is 2.26. The van der Waals surface area contributed by atoms with Crippen molar-refractivity contribution in [2.45, 2.75) is 37.9 Å². The van der Waals surface area contributed by atoms with Gasteiger partial charge in [-0.05, 0) is 38.5 Å². The maximum absolute atomic E-state index is 12.4. The zero-order chi connectivity index (χ0) is 20.1. The highest BCUT2D eigenvalue weighted by atomic mass is 35.5. The fourth-order valence-electron chi connectivity index (χ4n) is 2.77. The first kappa shape index (κ1) is 20.7. The first-order valence-electron chi connectivity index (χ1n) is 9.11. The quantitative estimate of drug-likeness (QED) is 0.529. The maximum Gasteiger partial charge on any atom is 0.314 e. The first-order valence-corrected chi connectivity index (χ1v) is 10.6. The number of rotatable bonds is 7. The summed E-state index contributed by atoms with van der Waals surface area (Å²) in [7, 11) is 0. The zero-order valence-electron chi connectivity index (χ0n) is 15.8. The van der Waals surface area contributed by atoms with E-state index >= 15 is 0 Å². The van der Waals surface area contributed by atoms with Gasteiger partial charge in [-0.15, -0.1) is 0 Å². The van der Waals surface area contributed by atoms with Gasteiger partial charge in [-0.25, -0.2) is 4.68 Å². The van der Waals surface area contributed by atoms with Gasteiger partial charge in [0.1, 0.15) is 5.82 Å². The molecule has 150 valence electrons. The van der Waals surface area contributed by atoms with Crippen LogP contribution in [0.5, 0.6) is 0 Å². The number of hydrogen-bond donors (Lipinski definition) is 2. The summed E-state index contributed by atoms with van der Waals surface area (Å²) in [6.45, 7) is 4.81. The number of nitrogens with zero attached hydrogens (tertiary/aromatic N) is 2. The molecular weight excluding hydrogens is 400 g/mol. The van der Waals surface area contributed by atoms with E-state index in [-0.39, 0.29) is 6.10 Å². The van der Waals surface area contributed by atoms with E-state index in [1.165, 1.54) is 0 Å². The van der Waals surface area contributed by atoms with Gasteiger partial charge in [-0.1, -0.05) is 17.7 Å². The van der Waals surface area contributed by atoms with Crippen molar-refractivity contribution >= 4 is 41.0 Å². The molecule has 0 spiro atoms. The topological polar surface area (TPSA) is 85.2 Å². The lowest BCUT2D eigenvalue weighted by Gasteiger charge is -2.12. The summed E-state index contributed by atoms with van der Waals surface area (Å²) in [5.74, 6) is 0.633. The standard InChI is InChI=1S/C19H23ClN4O3S/c1-12(2)27-8-4-7-21-18(25)19(26)22-17-15-10-28-11-16(15)23-24(17)14-6-3-5-13(20)9-14/h3,5-6,9,12H,4,7-8,10-11H2,1-2H3,(H,21,25)(H,22,26). The van der Waals surface area contributed by atoms with Crippen LogP contribution in [0, 0.1) is 0 Å². The van der Waals surface area contributed by atoms with E-state index in [0.717, 1.165) is 28.5 Å². The number of hydrogen-bond acceptors (Lipinski definition) is 5. The number of benzene rings is 1. The van der Waals surface area contributed by atoms with Gasteiger partial charge in [0.15, 0.2) is 0 Å². The van der Waals surface area contributed by atoms with Crippen molar-refractivity contribution in [3.8, 4) is 5.69 Å².